The van der Waals surface area contributed by atoms with Crippen LogP contribution in [0.1, 0.15) is 33.3 Å². The first kappa shape index (κ1) is 18.6. The summed E-state index contributed by atoms with van der Waals surface area (Å²) in [6, 6.07) is 13.7. The van der Waals surface area contributed by atoms with Crippen molar-refractivity contribution in [1.82, 2.24) is 10.3 Å². The number of hydrogen-bond donors (Lipinski definition) is 2. The standard InChI is InChI=1S/C20H19N3O3S/c1-2-21-19(24)15-4-3-5-16(10-15)23-20(25)14-6-8-18(9-7-14)26-11-17-12-27-13-22-17/h3-10,12-13H,2,11H2,1H3,(H,21,24)(H,23,25). The molecule has 3 aromatic rings. The van der Waals surface area contributed by atoms with Gasteiger partial charge in [0.2, 0.25) is 0 Å². The van der Waals surface area contributed by atoms with Crippen LogP contribution in [0.3, 0.4) is 0 Å². The maximum absolute atomic E-state index is 12.4. The summed E-state index contributed by atoms with van der Waals surface area (Å²) in [6.45, 7) is 2.79. The third-order valence-electron chi connectivity index (χ3n) is 3.71. The Labute approximate surface area is 161 Å². The zero-order valence-corrected chi connectivity index (χ0v) is 15.6. The summed E-state index contributed by atoms with van der Waals surface area (Å²) >= 11 is 1.52. The smallest absolute Gasteiger partial charge is 0.255 e. The second kappa shape index (κ2) is 8.95. The van der Waals surface area contributed by atoms with E-state index >= 15 is 0 Å². The van der Waals surface area contributed by atoms with Crippen molar-refractivity contribution in [3.05, 3.63) is 76.2 Å². The molecule has 138 valence electrons. The number of amides is 2. The molecule has 2 aromatic carbocycles. The number of carbonyl (C=O) groups excluding carboxylic acids is 2. The van der Waals surface area contributed by atoms with Gasteiger partial charge in [-0.3, -0.25) is 9.59 Å². The molecular formula is C20H19N3O3S. The van der Waals surface area contributed by atoms with E-state index in [-0.39, 0.29) is 11.8 Å². The third kappa shape index (κ3) is 5.15. The maximum Gasteiger partial charge on any atom is 0.255 e. The van der Waals surface area contributed by atoms with Gasteiger partial charge in [0.05, 0.1) is 11.2 Å². The first-order valence-electron chi connectivity index (χ1n) is 8.45. The minimum absolute atomic E-state index is 0.171. The molecule has 0 aliphatic carbocycles. The van der Waals surface area contributed by atoms with E-state index in [1.807, 2.05) is 12.3 Å². The lowest BCUT2D eigenvalue weighted by atomic mass is 10.1. The largest absolute Gasteiger partial charge is 0.487 e. The Bertz CT molecular complexity index is 908. The monoisotopic (exact) mass is 381 g/mol. The molecule has 0 spiro atoms. The van der Waals surface area contributed by atoms with Crippen LogP contribution in [-0.2, 0) is 6.61 Å². The highest BCUT2D eigenvalue weighted by molar-refractivity contribution is 7.07. The number of rotatable bonds is 7. The van der Waals surface area contributed by atoms with Gasteiger partial charge >= 0.3 is 0 Å². The lowest BCUT2D eigenvalue weighted by molar-refractivity contribution is 0.0954. The first-order chi connectivity index (χ1) is 13.2. The van der Waals surface area contributed by atoms with Crippen LogP contribution in [0, 0.1) is 0 Å². The molecule has 27 heavy (non-hydrogen) atoms. The molecule has 0 bridgehead atoms. The van der Waals surface area contributed by atoms with Gasteiger partial charge in [-0.25, -0.2) is 4.98 Å². The molecule has 2 N–H and O–H groups in total. The Balaban J connectivity index is 1.61. The van der Waals surface area contributed by atoms with Crippen LogP contribution in [0.4, 0.5) is 5.69 Å². The zero-order valence-electron chi connectivity index (χ0n) is 14.8. The second-order valence-electron chi connectivity index (χ2n) is 5.69. The molecule has 0 aliphatic heterocycles. The average Bonchev–Trinajstić information content (AvgIpc) is 3.21. The van der Waals surface area contributed by atoms with Gasteiger partial charge in [0.15, 0.2) is 0 Å². The second-order valence-corrected chi connectivity index (χ2v) is 6.41. The Hall–Kier alpha value is -3.19. The molecule has 0 radical (unpaired) electrons. The van der Waals surface area contributed by atoms with Gasteiger partial charge in [0.25, 0.3) is 11.8 Å². The molecule has 1 aromatic heterocycles. The number of benzene rings is 2. The number of hydrogen-bond acceptors (Lipinski definition) is 5. The molecule has 1 heterocycles. The van der Waals surface area contributed by atoms with E-state index < -0.39 is 0 Å². The van der Waals surface area contributed by atoms with Crippen molar-refractivity contribution in [2.24, 2.45) is 0 Å². The molecule has 2 amide bonds. The summed E-state index contributed by atoms with van der Waals surface area (Å²) in [6.07, 6.45) is 0. The number of ether oxygens (including phenoxy) is 1. The van der Waals surface area contributed by atoms with Gasteiger partial charge in [-0.1, -0.05) is 6.07 Å². The number of nitrogens with zero attached hydrogens (tertiary/aromatic N) is 1. The van der Waals surface area contributed by atoms with E-state index in [4.69, 9.17) is 4.74 Å². The Morgan fingerprint density at radius 3 is 2.59 bits per heavy atom. The van der Waals surface area contributed by atoms with Crippen molar-refractivity contribution < 1.29 is 14.3 Å². The van der Waals surface area contributed by atoms with E-state index in [0.29, 0.717) is 35.7 Å². The quantitative estimate of drug-likeness (QED) is 0.654. The molecule has 0 unspecified atom stereocenters. The van der Waals surface area contributed by atoms with Crippen molar-refractivity contribution in [1.29, 1.82) is 0 Å². The van der Waals surface area contributed by atoms with Crippen molar-refractivity contribution in [2.75, 3.05) is 11.9 Å². The van der Waals surface area contributed by atoms with Crippen LogP contribution in [0.5, 0.6) is 5.75 Å². The van der Waals surface area contributed by atoms with Crippen LogP contribution in [0.2, 0.25) is 0 Å². The normalized spacial score (nSPS) is 10.3. The first-order valence-corrected chi connectivity index (χ1v) is 9.39. The lowest BCUT2D eigenvalue weighted by Gasteiger charge is -2.09. The molecule has 0 atom stereocenters. The van der Waals surface area contributed by atoms with Gasteiger partial charge in [-0.15, -0.1) is 11.3 Å². The third-order valence-corrected chi connectivity index (χ3v) is 4.34. The van der Waals surface area contributed by atoms with Gasteiger partial charge < -0.3 is 15.4 Å². The van der Waals surface area contributed by atoms with E-state index in [1.54, 1.807) is 54.0 Å². The highest BCUT2D eigenvalue weighted by Gasteiger charge is 2.09. The Kier molecular flexibility index (Phi) is 6.17. The van der Waals surface area contributed by atoms with Crippen molar-refractivity contribution >= 4 is 28.8 Å². The SMILES string of the molecule is CCNC(=O)c1cccc(NC(=O)c2ccc(OCc3cscn3)cc2)c1. The zero-order chi connectivity index (χ0) is 19.1. The van der Waals surface area contributed by atoms with Crippen molar-refractivity contribution in [3.8, 4) is 5.75 Å². The summed E-state index contributed by atoms with van der Waals surface area (Å²) < 4.78 is 5.64. The number of anilines is 1. The fraction of sp³-hybridized carbons (Fsp3) is 0.150. The minimum atomic E-state index is -0.255. The van der Waals surface area contributed by atoms with Crippen molar-refractivity contribution in [3.63, 3.8) is 0 Å². The Morgan fingerprint density at radius 1 is 1.07 bits per heavy atom. The molecular weight excluding hydrogens is 362 g/mol. The summed E-state index contributed by atoms with van der Waals surface area (Å²) in [5, 5.41) is 7.46. The molecule has 0 saturated heterocycles. The topological polar surface area (TPSA) is 80.3 Å². The molecule has 3 rings (SSSR count). The molecule has 0 saturated carbocycles. The van der Waals surface area contributed by atoms with Crippen LogP contribution in [0.25, 0.3) is 0 Å². The summed E-state index contributed by atoms with van der Waals surface area (Å²) in [4.78, 5) is 28.5. The predicted octanol–water partition coefficient (Wildman–Crippen LogP) is 3.72. The minimum Gasteiger partial charge on any atom is -0.487 e. The van der Waals surface area contributed by atoms with Crippen molar-refractivity contribution in [2.45, 2.75) is 13.5 Å². The molecule has 0 fully saturated rings. The summed E-state index contributed by atoms with van der Waals surface area (Å²) in [5.41, 5.74) is 4.19. The van der Waals surface area contributed by atoms with Crippen LogP contribution in [0.15, 0.2) is 59.4 Å². The summed E-state index contributed by atoms with van der Waals surface area (Å²) in [7, 11) is 0. The predicted molar refractivity (Wildman–Crippen MR) is 105 cm³/mol. The number of nitrogens with one attached hydrogen (secondary N) is 2. The number of carbonyl (C=O) groups is 2. The lowest BCUT2D eigenvalue weighted by Crippen LogP contribution is -2.22. The van der Waals surface area contributed by atoms with Gasteiger partial charge in [0.1, 0.15) is 12.4 Å². The fourth-order valence-electron chi connectivity index (χ4n) is 2.37. The fourth-order valence-corrected chi connectivity index (χ4v) is 2.92. The highest BCUT2D eigenvalue weighted by atomic mass is 32.1. The summed E-state index contributed by atoms with van der Waals surface area (Å²) in [5.74, 6) is 0.238. The Morgan fingerprint density at radius 2 is 1.89 bits per heavy atom. The molecule has 7 heteroatoms. The number of aromatic nitrogens is 1. The van der Waals surface area contributed by atoms with Crippen LogP contribution < -0.4 is 15.4 Å². The van der Waals surface area contributed by atoms with Crippen LogP contribution >= 0.6 is 11.3 Å². The van der Waals surface area contributed by atoms with E-state index in [0.717, 1.165) is 5.69 Å². The number of thiazole rings is 1. The van der Waals surface area contributed by atoms with Gasteiger partial charge in [-0.05, 0) is 49.4 Å². The molecule has 0 aliphatic rings. The molecule has 6 nitrogen and oxygen atoms in total. The maximum atomic E-state index is 12.4. The highest BCUT2D eigenvalue weighted by Crippen LogP contribution is 2.16. The van der Waals surface area contributed by atoms with E-state index in [9.17, 15) is 9.59 Å². The van der Waals surface area contributed by atoms with Gasteiger partial charge in [-0.2, -0.15) is 0 Å². The van der Waals surface area contributed by atoms with Gasteiger partial charge in [0, 0.05) is 28.7 Å². The average molecular weight is 381 g/mol. The van der Waals surface area contributed by atoms with E-state index in [2.05, 4.69) is 15.6 Å². The van der Waals surface area contributed by atoms with E-state index in [1.165, 1.54) is 11.3 Å². The van der Waals surface area contributed by atoms with Crippen LogP contribution in [-0.4, -0.2) is 23.3 Å².